The third kappa shape index (κ3) is 1.47. The second-order valence-electron chi connectivity index (χ2n) is 7.04. The maximum atomic E-state index is 12.8. The zero-order chi connectivity index (χ0) is 14.9. The highest BCUT2D eigenvalue weighted by Gasteiger charge is 2.64. The molecule has 1 spiro atoms. The van der Waals surface area contributed by atoms with Gasteiger partial charge in [0.05, 0.1) is 0 Å². The summed E-state index contributed by atoms with van der Waals surface area (Å²) in [5.74, 6) is 0.890. The van der Waals surface area contributed by atoms with Crippen molar-refractivity contribution in [2.45, 2.75) is 30.8 Å². The molecule has 3 fully saturated rings. The Balaban J connectivity index is 1.59. The Kier molecular flexibility index (Phi) is 2.57. The molecule has 0 bridgehead atoms. The second-order valence-corrected chi connectivity index (χ2v) is 8.16. The molecule has 1 aromatic heterocycles. The molecule has 1 amide bonds. The van der Waals surface area contributed by atoms with Gasteiger partial charge in [0.2, 0.25) is 5.91 Å². The number of nitrogens with zero attached hydrogens (tertiary/aromatic N) is 2. The fraction of sp³-hybridized carbons (Fsp3) is 0.500. The molecule has 2 aromatic rings. The zero-order valence-corrected chi connectivity index (χ0v) is 13.6. The molecule has 3 aliphatic rings. The van der Waals surface area contributed by atoms with Crippen LogP contribution in [0.5, 0.6) is 0 Å². The van der Waals surface area contributed by atoms with Gasteiger partial charge in [0, 0.05) is 35.1 Å². The fourth-order valence-corrected chi connectivity index (χ4v) is 6.33. The number of hydrogen-bond donors (Lipinski definition) is 0. The average Bonchev–Trinajstić information content (AvgIpc) is 3.22. The van der Waals surface area contributed by atoms with E-state index in [1.807, 2.05) is 23.3 Å². The van der Waals surface area contributed by atoms with Crippen LogP contribution < -0.4 is 0 Å². The first-order chi connectivity index (χ1) is 10.7. The minimum absolute atomic E-state index is 0.171. The van der Waals surface area contributed by atoms with E-state index in [1.54, 1.807) is 0 Å². The summed E-state index contributed by atoms with van der Waals surface area (Å²) >= 11 is 1.91. The van der Waals surface area contributed by atoms with Crippen molar-refractivity contribution >= 4 is 27.3 Å². The quantitative estimate of drug-likeness (QED) is 0.807. The van der Waals surface area contributed by atoms with Crippen molar-refractivity contribution in [3.05, 3.63) is 35.2 Å². The molecule has 3 saturated heterocycles. The molecule has 114 valence electrons. The number of carbonyl (C=O) groups excluding carboxylic acids is 1. The van der Waals surface area contributed by atoms with Gasteiger partial charge in [0.1, 0.15) is 5.54 Å². The SMILES string of the molecule is CN1C[C@@H]2C[C@@H](c3cc4ccccc4s3)N3CCC[C@@]23C1=O. The van der Waals surface area contributed by atoms with Crippen LogP contribution in [0.2, 0.25) is 0 Å². The Hall–Kier alpha value is -1.39. The van der Waals surface area contributed by atoms with E-state index in [1.165, 1.54) is 15.0 Å². The smallest absolute Gasteiger partial charge is 0.243 e. The van der Waals surface area contributed by atoms with Crippen molar-refractivity contribution in [2.24, 2.45) is 5.92 Å². The molecular weight excluding hydrogens is 292 g/mol. The van der Waals surface area contributed by atoms with Gasteiger partial charge in [-0.25, -0.2) is 0 Å². The molecule has 3 aliphatic heterocycles. The molecule has 4 heteroatoms. The normalized spacial score (nSPS) is 34.6. The highest BCUT2D eigenvalue weighted by molar-refractivity contribution is 7.19. The van der Waals surface area contributed by atoms with E-state index in [0.29, 0.717) is 17.9 Å². The lowest BCUT2D eigenvalue weighted by Crippen LogP contribution is -2.49. The first-order valence-electron chi connectivity index (χ1n) is 8.21. The van der Waals surface area contributed by atoms with Gasteiger partial charge in [-0.1, -0.05) is 18.2 Å². The number of rotatable bonds is 1. The molecule has 0 N–H and O–H groups in total. The van der Waals surface area contributed by atoms with Gasteiger partial charge in [-0.2, -0.15) is 0 Å². The molecule has 22 heavy (non-hydrogen) atoms. The molecule has 3 atom stereocenters. The molecule has 5 rings (SSSR count). The standard InChI is InChI=1S/C18H20N2OS/c1-19-11-13-10-14(20-8-4-7-18(13,20)17(19)21)16-9-12-5-2-3-6-15(12)22-16/h2-3,5-6,9,13-14H,4,7-8,10-11H2,1H3/t13-,14-,18-/m0/s1. The van der Waals surface area contributed by atoms with E-state index in [2.05, 4.69) is 35.2 Å². The minimum atomic E-state index is -0.171. The monoisotopic (exact) mass is 312 g/mol. The molecule has 3 nitrogen and oxygen atoms in total. The summed E-state index contributed by atoms with van der Waals surface area (Å²) < 4.78 is 1.37. The molecule has 4 heterocycles. The number of benzene rings is 1. The fourth-order valence-electron chi connectivity index (χ4n) is 5.14. The number of amides is 1. The van der Waals surface area contributed by atoms with Crippen molar-refractivity contribution in [2.75, 3.05) is 20.1 Å². The summed E-state index contributed by atoms with van der Waals surface area (Å²) in [6.07, 6.45) is 3.36. The Morgan fingerprint density at radius 1 is 1.32 bits per heavy atom. The number of hydrogen-bond acceptors (Lipinski definition) is 3. The predicted molar refractivity (Wildman–Crippen MR) is 89.0 cm³/mol. The van der Waals surface area contributed by atoms with Gasteiger partial charge >= 0.3 is 0 Å². The van der Waals surface area contributed by atoms with Gasteiger partial charge in [-0.15, -0.1) is 11.3 Å². The Labute approximate surface area is 134 Å². The van der Waals surface area contributed by atoms with Crippen molar-refractivity contribution in [3.63, 3.8) is 0 Å². The van der Waals surface area contributed by atoms with E-state index in [-0.39, 0.29) is 5.54 Å². The number of thiophene rings is 1. The van der Waals surface area contributed by atoms with Gasteiger partial charge < -0.3 is 4.90 Å². The molecule has 0 saturated carbocycles. The van der Waals surface area contributed by atoms with Gasteiger partial charge in [-0.05, 0) is 43.3 Å². The summed E-state index contributed by atoms with van der Waals surface area (Å²) in [6.45, 7) is 2.02. The van der Waals surface area contributed by atoms with Crippen LogP contribution in [0.4, 0.5) is 0 Å². The van der Waals surface area contributed by atoms with E-state index >= 15 is 0 Å². The van der Waals surface area contributed by atoms with Crippen molar-refractivity contribution in [3.8, 4) is 0 Å². The third-order valence-corrected chi connectivity index (χ3v) is 7.23. The summed E-state index contributed by atoms with van der Waals surface area (Å²) in [4.78, 5) is 18.8. The Morgan fingerprint density at radius 3 is 3.05 bits per heavy atom. The lowest BCUT2D eigenvalue weighted by Gasteiger charge is -2.32. The average molecular weight is 312 g/mol. The van der Waals surface area contributed by atoms with Crippen LogP contribution in [0.15, 0.2) is 30.3 Å². The van der Waals surface area contributed by atoms with Crippen LogP contribution in [-0.2, 0) is 4.79 Å². The highest BCUT2D eigenvalue weighted by atomic mass is 32.1. The number of fused-ring (bicyclic) bond motifs is 1. The van der Waals surface area contributed by atoms with Crippen LogP contribution in [-0.4, -0.2) is 41.4 Å². The van der Waals surface area contributed by atoms with Gasteiger partial charge in [0.15, 0.2) is 0 Å². The third-order valence-electron chi connectivity index (χ3n) is 6.01. The largest absolute Gasteiger partial charge is 0.344 e. The Morgan fingerprint density at radius 2 is 2.18 bits per heavy atom. The van der Waals surface area contributed by atoms with Crippen molar-refractivity contribution in [1.29, 1.82) is 0 Å². The summed E-state index contributed by atoms with van der Waals surface area (Å²) in [5.41, 5.74) is -0.171. The maximum Gasteiger partial charge on any atom is 0.243 e. The van der Waals surface area contributed by atoms with Crippen LogP contribution in [0.25, 0.3) is 10.1 Å². The number of carbonyl (C=O) groups is 1. The minimum Gasteiger partial charge on any atom is -0.344 e. The summed E-state index contributed by atoms with van der Waals surface area (Å²) in [5, 5.41) is 1.34. The van der Waals surface area contributed by atoms with E-state index < -0.39 is 0 Å². The van der Waals surface area contributed by atoms with E-state index in [0.717, 1.165) is 32.4 Å². The molecule has 0 aliphatic carbocycles. The topological polar surface area (TPSA) is 23.6 Å². The molecule has 1 aromatic carbocycles. The van der Waals surface area contributed by atoms with Gasteiger partial charge in [-0.3, -0.25) is 9.69 Å². The second kappa shape index (κ2) is 4.33. The predicted octanol–water partition coefficient (Wildman–Crippen LogP) is 3.27. The maximum absolute atomic E-state index is 12.8. The zero-order valence-electron chi connectivity index (χ0n) is 12.8. The molecular formula is C18H20N2OS. The van der Waals surface area contributed by atoms with Crippen LogP contribution >= 0.6 is 11.3 Å². The van der Waals surface area contributed by atoms with Crippen molar-refractivity contribution < 1.29 is 4.79 Å². The summed E-state index contributed by atoms with van der Waals surface area (Å²) in [7, 11) is 1.97. The first kappa shape index (κ1) is 13.1. The van der Waals surface area contributed by atoms with Crippen molar-refractivity contribution in [1.82, 2.24) is 9.80 Å². The lowest BCUT2D eigenvalue weighted by atomic mass is 9.85. The summed E-state index contributed by atoms with van der Waals surface area (Å²) in [6, 6.07) is 11.4. The van der Waals surface area contributed by atoms with E-state index in [4.69, 9.17) is 0 Å². The number of likely N-dealkylation sites (tertiary alicyclic amines) is 1. The molecule has 0 unspecified atom stereocenters. The first-order valence-corrected chi connectivity index (χ1v) is 9.02. The highest BCUT2D eigenvalue weighted by Crippen LogP contribution is 2.56. The lowest BCUT2D eigenvalue weighted by molar-refractivity contribution is -0.135. The van der Waals surface area contributed by atoms with Crippen LogP contribution in [0.3, 0.4) is 0 Å². The number of likely N-dealkylation sites (N-methyl/N-ethyl adjacent to an activating group) is 1. The van der Waals surface area contributed by atoms with Gasteiger partial charge in [0.25, 0.3) is 0 Å². The Bertz CT molecular complexity index is 736. The van der Waals surface area contributed by atoms with E-state index in [9.17, 15) is 4.79 Å². The van der Waals surface area contributed by atoms with Crippen LogP contribution in [0, 0.1) is 5.92 Å². The van der Waals surface area contributed by atoms with Crippen LogP contribution in [0.1, 0.15) is 30.2 Å². The molecule has 0 radical (unpaired) electrons.